The van der Waals surface area contributed by atoms with Crippen molar-refractivity contribution < 1.29 is 83.9 Å². The van der Waals surface area contributed by atoms with Gasteiger partial charge in [0, 0.05) is 7.11 Å². The van der Waals surface area contributed by atoms with Crippen LogP contribution in [0.4, 0.5) is 0 Å². The van der Waals surface area contributed by atoms with Crippen molar-refractivity contribution in [2.75, 3.05) is 33.5 Å². The molecule has 4 aliphatic heterocycles. The maximum absolute atomic E-state index is 10.9. The summed E-state index contributed by atoms with van der Waals surface area (Å²) >= 11 is 0. The Morgan fingerprint density at radius 2 is 0.921 bits per heavy atom. The van der Waals surface area contributed by atoms with Gasteiger partial charge in [-0.1, -0.05) is 0 Å². The monoisotopic (exact) mass is 560 g/mol. The van der Waals surface area contributed by atoms with Crippen LogP contribution >= 0.6 is 0 Å². The normalized spacial score (nSPS) is 51.3. The summed E-state index contributed by atoms with van der Waals surface area (Å²) in [7, 11) is 1.28. The second-order valence-electron chi connectivity index (χ2n) is 9.47. The lowest BCUT2D eigenvalue weighted by Gasteiger charge is -2.26. The predicted octanol–water partition coefficient (Wildman–Crippen LogP) is -6.54. The topological polar surface area (TPSA) is 256 Å². The van der Waals surface area contributed by atoms with E-state index in [1.54, 1.807) is 0 Å². The molecule has 4 heterocycles. The van der Waals surface area contributed by atoms with E-state index in [0.717, 1.165) is 0 Å². The second kappa shape index (κ2) is 12.9. The third-order valence-corrected chi connectivity index (χ3v) is 6.98. The summed E-state index contributed by atoms with van der Waals surface area (Å²) in [5.41, 5.74) is 0. The van der Waals surface area contributed by atoms with Crippen LogP contribution < -0.4 is 0 Å². The van der Waals surface area contributed by atoms with Gasteiger partial charge in [0.1, 0.15) is 73.2 Å². The summed E-state index contributed by atoms with van der Waals surface area (Å²) in [6, 6.07) is 0. The number of ether oxygens (including phenoxy) is 8. The molecule has 4 rings (SSSR count). The largest absolute Gasteiger partial charge is 0.394 e. The van der Waals surface area contributed by atoms with Crippen molar-refractivity contribution in [1.29, 1.82) is 0 Å². The molecule has 0 bridgehead atoms. The van der Waals surface area contributed by atoms with E-state index in [1.165, 1.54) is 7.11 Å². The minimum atomic E-state index is -1.57. The molecule has 222 valence electrons. The van der Waals surface area contributed by atoms with Crippen molar-refractivity contribution >= 4 is 0 Å². The zero-order chi connectivity index (χ0) is 27.7. The molecule has 17 nitrogen and oxygen atoms in total. The Bertz CT molecular complexity index is 747. The van der Waals surface area contributed by atoms with Gasteiger partial charge in [0.05, 0.1) is 26.4 Å². The number of aliphatic hydroxyl groups is 9. The van der Waals surface area contributed by atoms with E-state index >= 15 is 0 Å². The molecule has 38 heavy (non-hydrogen) atoms. The van der Waals surface area contributed by atoms with Crippen molar-refractivity contribution in [3.05, 3.63) is 0 Å². The van der Waals surface area contributed by atoms with Crippen molar-refractivity contribution in [2.24, 2.45) is 0 Å². The molecule has 0 aromatic heterocycles. The Labute approximate surface area is 216 Å². The second-order valence-corrected chi connectivity index (χ2v) is 9.47. The van der Waals surface area contributed by atoms with Crippen LogP contribution in [0.15, 0.2) is 0 Å². The summed E-state index contributed by atoms with van der Waals surface area (Å²) in [6.45, 7) is -1.93. The maximum Gasteiger partial charge on any atom is 0.187 e. The molecule has 0 radical (unpaired) electrons. The fraction of sp³-hybridized carbons (Fsp3) is 1.00. The Hall–Kier alpha value is -0.680. The molecule has 0 spiro atoms. The molecule has 9 N–H and O–H groups in total. The van der Waals surface area contributed by atoms with Gasteiger partial charge in [-0.05, 0) is 0 Å². The quantitative estimate of drug-likeness (QED) is 0.114. The predicted molar refractivity (Wildman–Crippen MR) is 115 cm³/mol. The highest BCUT2D eigenvalue weighted by molar-refractivity contribution is 4.94. The molecule has 4 fully saturated rings. The average molecular weight is 561 g/mol. The van der Waals surface area contributed by atoms with Crippen LogP contribution in [0.5, 0.6) is 0 Å². The molecule has 0 amide bonds. The molecule has 0 aromatic rings. The Morgan fingerprint density at radius 3 is 1.45 bits per heavy atom. The van der Waals surface area contributed by atoms with Crippen LogP contribution in [-0.2, 0) is 37.9 Å². The highest BCUT2D eigenvalue weighted by Crippen LogP contribution is 2.32. The molecule has 0 aromatic carbocycles. The minimum Gasteiger partial charge on any atom is -0.394 e. The SMILES string of the molecule is CO[C@H]1O[C@H](CO[C@H]2O[C@H](CO[C@H]3O[C@H](CO)[C@@H](O)[C@@H]3O)[C@@H](O[C@H]3O[C@H](CO)[C@@H](O)[C@@H]3O)[C@@H]2O)[C@@H](O)[C@@H]1O. The standard InChI is InChI=1S/C21H36O17/c1-31-18-13(27)12(26)8(36-18)4-32-20-16(30)17(38-21-15(29)11(25)7(3-23)35-21)9(37-20)5-33-19-14(28)10(24)6(2-22)34-19/h6-30H,2-5H2,1H3/t6-,7-,8-,9-,10-,11-,12-,13+,14+,15+,16+,17-,18+,19+,20+,21-/m1/s1. The van der Waals surface area contributed by atoms with Crippen LogP contribution in [0, 0.1) is 0 Å². The van der Waals surface area contributed by atoms with E-state index in [4.69, 9.17) is 37.9 Å². The number of aliphatic hydroxyl groups excluding tert-OH is 9. The van der Waals surface area contributed by atoms with E-state index in [1.807, 2.05) is 0 Å². The van der Waals surface area contributed by atoms with E-state index in [0.29, 0.717) is 0 Å². The Morgan fingerprint density at radius 1 is 0.500 bits per heavy atom. The maximum atomic E-state index is 10.9. The van der Waals surface area contributed by atoms with E-state index in [9.17, 15) is 46.0 Å². The molecular formula is C21H36O17. The zero-order valence-corrected chi connectivity index (χ0v) is 20.4. The number of hydrogen-bond donors (Lipinski definition) is 9. The number of rotatable bonds is 11. The molecule has 0 aliphatic carbocycles. The highest BCUT2D eigenvalue weighted by atomic mass is 16.8. The van der Waals surface area contributed by atoms with Gasteiger partial charge in [0.25, 0.3) is 0 Å². The smallest absolute Gasteiger partial charge is 0.187 e. The van der Waals surface area contributed by atoms with Gasteiger partial charge in [0.2, 0.25) is 0 Å². The van der Waals surface area contributed by atoms with Crippen LogP contribution in [0.1, 0.15) is 0 Å². The van der Waals surface area contributed by atoms with Gasteiger partial charge in [-0.2, -0.15) is 0 Å². The van der Waals surface area contributed by atoms with Crippen molar-refractivity contribution in [3.63, 3.8) is 0 Å². The Kier molecular flexibility index (Phi) is 10.3. The van der Waals surface area contributed by atoms with E-state index < -0.39 is 118 Å². The van der Waals surface area contributed by atoms with Gasteiger partial charge in [-0.3, -0.25) is 0 Å². The Balaban J connectivity index is 1.41. The van der Waals surface area contributed by atoms with Gasteiger partial charge in [-0.15, -0.1) is 0 Å². The van der Waals surface area contributed by atoms with E-state index in [-0.39, 0.29) is 6.61 Å². The lowest BCUT2D eigenvalue weighted by molar-refractivity contribution is -0.228. The van der Waals surface area contributed by atoms with Gasteiger partial charge in [0.15, 0.2) is 25.2 Å². The zero-order valence-electron chi connectivity index (χ0n) is 20.4. The lowest BCUT2D eigenvalue weighted by atomic mass is 10.1. The van der Waals surface area contributed by atoms with Crippen molar-refractivity contribution in [1.82, 2.24) is 0 Å². The number of methoxy groups -OCH3 is 1. The molecule has 0 unspecified atom stereocenters. The first-order valence-corrected chi connectivity index (χ1v) is 12.1. The molecule has 0 saturated carbocycles. The summed E-state index contributed by atoms with van der Waals surface area (Å²) in [5, 5.41) is 89.9. The minimum absolute atomic E-state index is 0.344. The molecule has 17 heteroatoms. The summed E-state index contributed by atoms with van der Waals surface area (Å²) in [5.74, 6) is 0. The summed E-state index contributed by atoms with van der Waals surface area (Å²) in [6.07, 6.45) is -21.2. The highest BCUT2D eigenvalue weighted by Gasteiger charge is 2.52. The van der Waals surface area contributed by atoms with Gasteiger partial charge in [-0.25, -0.2) is 0 Å². The van der Waals surface area contributed by atoms with Crippen LogP contribution in [0.25, 0.3) is 0 Å². The average Bonchev–Trinajstić information content (AvgIpc) is 3.56. The molecule has 4 saturated heterocycles. The third kappa shape index (κ3) is 5.99. The molecule has 16 atom stereocenters. The number of hydrogen-bond acceptors (Lipinski definition) is 17. The lowest BCUT2D eigenvalue weighted by Crippen LogP contribution is -2.44. The van der Waals surface area contributed by atoms with Crippen LogP contribution in [0.3, 0.4) is 0 Å². The summed E-state index contributed by atoms with van der Waals surface area (Å²) in [4.78, 5) is 0. The van der Waals surface area contributed by atoms with Crippen LogP contribution in [-0.4, -0.2) is 178 Å². The first kappa shape index (κ1) is 30.3. The fourth-order valence-electron chi connectivity index (χ4n) is 4.71. The van der Waals surface area contributed by atoms with Crippen molar-refractivity contribution in [2.45, 2.75) is 98.4 Å². The van der Waals surface area contributed by atoms with Gasteiger partial charge < -0.3 is 83.9 Å². The summed E-state index contributed by atoms with van der Waals surface area (Å²) < 4.78 is 43.3. The first-order valence-electron chi connectivity index (χ1n) is 12.1. The first-order chi connectivity index (χ1) is 18.1. The van der Waals surface area contributed by atoms with Crippen LogP contribution in [0.2, 0.25) is 0 Å². The fourth-order valence-corrected chi connectivity index (χ4v) is 4.71. The molecule has 4 aliphatic rings. The van der Waals surface area contributed by atoms with Crippen molar-refractivity contribution in [3.8, 4) is 0 Å². The van der Waals surface area contributed by atoms with Gasteiger partial charge >= 0.3 is 0 Å². The van der Waals surface area contributed by atoms with E-state index in [2.05, 4.69) is 0 Å². The third-order valence-electron chi connectivity index (χ3n) is 6.98. The molecular weight excluding hydrogens is 524 g/mol.